The minimum absolute atomic E-state index is 1.34. The average Bonchev–Trinajstić information content (AvgIpc) is 2.49. The summed E-state index contributed by atoms with van der Waals surface area (Å²) in [4.78, 5) is 0. The van der Waals surface area contributed by atoms with Crippen molar-refractivity contribution >= 4 is 24.3 Å². The molecule has 0 spiro atoms. The Morgan fingerprint density at radius 3 is 1.60 bits per heavy atom. The van der Waals surface area contributed by atoms with Gasteiger partial charge in [-0.3, -0.25) is 0 Å². The summed E-state index contributed by atoms with van der Waals surface area (Å²) in [7, 11) is 0. The summed E-state index contributed by atoms with van der Waals surface area (Å²) in [6.07, 6.45) is 8.28. The number of rotatable bonds is 11. The molecule has 0 aliphatic carbocycles. The third kappa shape index (κ3) is 6.51. The van der Waals surface area contributed by atoms with Crippen molar-refractivity contribution in [1.29, 1.82) is 0 Å². The average molecular weight is 382 g/mol. The summed E-state index contributed by atoms with van der Waals surface area (Å²) in [5.74, 6) is 0. The van der Waals surface area contributed by atoms with Gasteiger partial charge in [-0.15, -0.1) is 0 Å². The van der Waals surface area contributed by atoms with Crippen LogP contribution in [-0.2, 0) is 0 Å². The Morgan fingerprint density at radius 2 is 1.20 bits per heavy atom. The normalized spacial score (nSPS) is 11.6. The van der Waals surface area contributed by atoms with Crippen LogP contribution < -0.4 is 3.54 Å². The SMILES string of the molecule is CCC[CH2][Sn]([CH2]CCC)([CH2]CCC)[NH]c1ccccc1. The van der Waals surface area contributed by atoms with E-state index in [-0.39, 0.29) is 0 Å². The summed E-state index contributed by atoms with van der Waals surface area (Å²) >= 11 is -2.20. The van der Waals surface area contributed by atoms with E-state index in [9.17, 15) is 0 Å². The molecule has 0 saturated carbocycles. The second-order valence-electron chi connectivity index (χ2n) is 6.08. The van der Waals surface area contributed by atoms with Crippen molar-refractivity contribution in [2.75, 3.05) is 3.54 Å². The van der Waals surface area contributed by atoms with Gasteiger partial charge in [-0.25, -0.2) is 0 Å². The molecule has 1 aromatic rings. The van der Waals surface area contributed by atoms with Gasteiger partial charge in [0.15, 0.2) is 0 Å². The zero-order chi connectivity index (χ0) is 14.7. The summed E-state index contributed by atoms with van der Waals surface area (Å²) < 4.78 is 8.65. The quantitative estimate of drug-likeness (QED) is 0.434. The first-order valence-corrected chi connectivity index (χ1v) is 16.1. The van der Waals surface area contributed by atoms with Gasteiger partial charge in [0.2, 0.25) is 0 Å². The molecule has 2 heteroatoms. The third-order valence-corrected chi connectivity index (χ3v) is 17.8. The van der Waals surface area contributed by atoms with Gasteiger partial charge in [-0.2, -0.15) is 0 Å². The fraction of sp³-hybridized carbons (Fsp3) is 0.667. The summed E-state index contributed by atoms with van der Waals surface area (Å²) in [6.45, 7) is 7.00. The fourth-order valence-electron chi connectivity index (χ4n) is 2.94. The molecule has 0 fully saturated rings. The summed E-state index contributed by atoms with van der Waals surface area (Å²) in [6, 6.07) is 11.0. The number of para-hydroxylation sites is 1. The van der Waals surface area contributed by atoms with E-state index in [1.165, 1.54) is 57.5 Å². The second-order valence-corrected chi connectivity index (χ2v) is 18.4. The standard InChI is InChI=1S/C6H6N.3C4H9.Sn/c7-6-4-2-1-3-5-6;3*1-3-4-2;/h1-5,7H;3*1,3-4H2,2H3;/q-1;;;;+1. The summed E-state index contributed by atoms with van der Waals surface area (Å²) in [5.41, 5.74) is 1.38. The van der Waals surface area contributed by atoms with E-state index < -0.39 is 18.7 Å². The number of benzene rings is 1. The molecule has 0 aliphatic rings. The first-order chi connectivity index (χ1) is 9.76. The van der Waals surface area contributed by atoms with Crippen molar-refractivity contribution < 1.29 is 0 Å². The van der Waals surface area contributed by atoms with Crippen LogP contribution in [0.4, 0.5) is 5.69 Å². The number of unbranched alkanes of at least 4 members (excludes halogenated alkanes) is 3. The van der Waals surface area contributed by atoms with Gasteiger partial charge in [-0.05, 0) is 0 Å². The fourth-order valence-corrected chi connectivity index (χ4v) is 17.2. The zero-order valence-corrected chi connectivity index (χ0v) is 16.6. The Labute approximate surface area is 130 Å². The van der Waals surface area contributed by atoms with Crippen LogP contribution >= 0.6 is 0 Å². The Balaban J connectivity index is 2.81. The molecule has 114 valence electrons. The van der Waals surface area contributed by atoms with Gasteiger partial charge in [0.1, 0.15) is 0 Å². The Bertz CT molecular complexity index is 315. The van der Waals surface area contributed by atoms with Gasteiger partial charge in [0, 0.05) is 0 Å². The van der Waals surface area contributed by atoms with E-state index in [2.05, 4.69) is 54.6 Å². The molecule has 0 unspecified atom stereocenters. The van der Waals surface area contributed by atoms with Crippen molar-refractivity contribution in [2.45, 2.75) is 72.6 Å². The Hall–Kier alpha value is -0.181. The van der Waals surface area contributed by atoms with Gasteiger partial charge in [-0.1, -0.05) is 0 Å². The molecular formula is C18H33NSn. The van der Waals surface area contributed by atoms with Crippen LogP contribution in [0.2, 0.25) is 13.3 Å². The Kier molecular flexibility index (Phi) is 9.41. The van der Waals surface area contributed by atoms with Crippen LogP contribution in [-0.4, -0.2) is 18.7 Å². The minimum atomic E-state index is -2.20. The second kappa shape index (κ2) is 10.5. The van der Waals surface area contributed by atoms with Crippen LogP contribution in [0.5, 0.6) is 0 Å². The number of hydrogen-bond acceptors (Lipinski definition) is 1. The van der Waals surface area contributed by atoms with E-state index in [0.717, 1.165) is 0 Å². The predicted octanol–water partition coefficient (Wildman–Crippen LogP) is 6.44. The molecule has 0 radical (unpaired) electrons. The maximum atomic E-state index is 4.11. The van der Waals surface area contributed by atoms with E-state index in [4.69, 9.17) is 0 Å². The third-order valence-electron chi connectivity index (χ3n) is 4.21. The van der Waals surface area contributed by atoms with Crippen molar-refractivity contribution in [3.63, 3.8) is 0 Å². The monoisotopic (exact) mass is 383 g/mol. The van der Waals surface area contributed by atoms with Crippen molar-refractivity contribution in [3.05, 3.63) is 30.3 Å². The topological polar surface area (TPSA) is 12.0 Å². The molecule has 0 aromatic heterocycles. The Morgan fingerprint density at radius 1 is 0.750 bits per heavy atom. The molecule has 0 atom stereocenters. The van der Waals surface area contributed by atoms with E-state index in [0.29, 0.717) is 0 Å². The van der Waals surface area contributed by atoms with E-state index in [1.807, 2.05) is 0 Å². The molecule has 0 saturated heterocycles. The van der Waals surface area contributed by atoms with Gasteiger partial charge in [0.05, 0.1) is 0 Å². The van der Waals surface area contributed by atoms with Crippen LogP contribution in [0, 0.1) is 0 Å². The molecule has 20 heavy (non-hydrogen) atoms. The van der Waals surface area contributed by atoms with E-state index in [1.54, 1.807) is 0 Å². The number of anilines is 1. The molecule has 0 amide bonds. The van der Waals surface area contributed by atoms with Crippen LogP contribution in [0.1, 0.15) is 59.3 Å². The molecule has 1 nitrogen and oxygen atoms in total. The molecule has 0 heterocycles. The molecule has 1 rings (SSSR count). The maximum absolute atomic E-state index is 4.11. The van der Waals surface area contributed by atoms with E-state index >= 15 is 0 Å². The predicted molar refractivity (Wildman–Crippen MR) is 95.0 cm³/mol. The number of hydrogen-bond donors (Lipinski definition) is 1. The molecule has 1 N–H and O–H groups in total. The van der Waals surface area contributed by atoms with Crippen molar-refractivity contribution in [1.82, 2.24) is 0 Å². The molecule has 1 aromatic carbocycles. The van der Waals surface area contributed by atoms with Crippen molar-refractivity contribution in [3.8, 4) is 0 Å². The van der Waals surface area contributed by atoms with Gasteiger partial charge in [0.25, 0.3) is 0 Å². The van der Waals surface area contributed by atoms with Crippen LogP contribution in [0.3, 0.4) is 0 Å². The number of nitrogens with one attached hydrogen (secondary N) is 1. The molecule has 0 aliphatic heterocycles. The first kappa shape index (κ1) is 17.9. The van der Waals surface area contributed by atoms with Crippen molar-refractivity contribution in [2.24, 2.45) is 0 Å². The zero-order valence-electron chi connectivity index (χ0n) is 13.8. The van der Waals surface area contributed by atoms with Gasteiger partial charge >= 0.3 is 131 Å². The summed E-state index contributed by atoms with van der Waals surface area (Å²) in [5, 5.41) is 0. The van der Waals surface area contributed by atoms with Gasteiger partial charge < -0.3 is 0 Å². The molecule has 0 bridgehead atoms. The molecular weight excluding hydrogens is 349 g/mol. The van der Waals surface area contributed by atoms with Crippen LogP contribution in [0.25, 0.3) is 0 Å². The van der Waals surface area contributed by atoms with Crippen LogP contribution in [0.15, 0.2) is 30.3 Å². The first-order valence-electron chi connectivity index (χ1n) is 8.59.